The summed E-state index contributed by atoms with van der Waals surface area (Å²) in [5.41, 5.74) is -1.12. The van der Waals surface area contributed by atoms with Crippen molar-refractivity contribution in [3.63, 3.8) is 0 Å². The third-order valence-electron chi connectivity index (χ3n) is 8.68. The van der Waals surface area contributed by atoms with E-state index in [0.717, 1.165) is 25.7 Å². The SMILES string of the molecule is CCCCCCCCCCCCCCC(C)(CC(=O)O)C(=O)O.CCCCCCCCCCCCCCC=CC(C)C(=O)O. The summed E-state index contributed by atoms with van der Waals surface area (Å²) in [4.78, 5) is 32.6. The molecule has 0 bridgehead atoms. The Morgan fingerprint density at radius 1 is 0.568 bits per heavy atom. The van der Waals surface area contributed by atoms with Crippen LogP contribution in [0.2, 0.25) is 0 Å². The van der Waals surface area contributed by atoms with Crippen LogP contribution in [0.15, 0.2) is 12.2 Å². The summed E-state index contributed by atoms with van der Waals surface area (Å²) in [6.45, 7) is 7.77. The van der Waals surface area contributed by atoms with E-state index in [1.54, 1.807) is 19.9 Å². The summed E-state index contributed by atoms with van der Waals surface area (Å²) in [6.07, 6.45) is 36.2. The van der Waals surface area contributed by atoms with Gasteiger partial charge in [0, 0.05) is 0 Å². The third kappa shape index (κ3) is 31.6. The Bertz CT molecular complexity index is 703. The molecule has 0 aliphatic heterocycles. The summed E-state index contributed by atoms with van der Waals surface area (Å²) in [7, 11) is 0. The molecule has 44 heavy (non-hydrogen) atoms. The molecule has 0 rings (SSSR count). The summed E-state index contributed by atoms with van der Waals surface area (Å²) < 4.78 is 0. The molecule has 2 atom stereocenters. The summed E-state index contributed by atoms with van der Waals surface area (Å²) in [5, 5.41) is 26.8. The van der Waals surface area contributed by atoms with Gasteiger partial charge in [-0.25, -0.2) is 0 Å². The molecule has 6 nitrogen and oxygen atoms in total. The minimum absolute atomic E-state index is 0.291. The van der Waals surface area contributed by atoms with Gasteiger partial charge in [-0.2, -0.15) is 0 Å². The normalized spacial score (nSPS) is 13.3. The maximum atomic E-state index is 11.2. The minimum atomic E-state index is -1.12. The van der Waals surface area contributed by atoms with Gasteiger partial charge in [0.1, 0.15) is 0 Å². The molecule has 0 radical (unpaired) electrons. The average molecular weight is 625 g/mol. The van der Waals surface area contributed by atoms with Crippen molar-refractivity contribution in [2.45, 2.75) is 201 Å². The molecule has 3 N–H and O–H groups in total. The Kier molecular flexibility index (Phi) is 32.7. The van der Waals surface area contributed by atoms with E-state index in [-0.39, 0.29) is 12.3 Å². The average Bonchev–Trinajstić information content (AvgIpc) is 2.97. The molecule has 0 fully saturated rings. The highest BCUT2D eigenvalue weighted by Gasteiger charge is 2.34. The van der Waals surface area contributed by atoms with Gasteiger partial charge in [0.05, 0.1) is 17.8 Å². The summed E-state index contributed by atoms with van der Waals surface area (Å²) in [5.74, 6) is -3.11. The minimum Gasteiger partial charge on any atom is -0.481 e. The number of allylic oxidation sites excluding steroid dienone is 1. The van der Waals surface area contributed by atoms with E-state index in [9.17, 15) is 19.5 Å². The van der Waals surface area contributed by atoms with Crippen molar-refractivity contribution in [2.24, 2.45) is 11.3 Å². The van der Waals surface area contributed by atoms with E-state index in [0.29, 0.717) is 6.42 Å². The fraction of sp³-hybridized carbons (Fsp3) is 0.868. The van der Waals surface area contributed by atoms with Gasteiger partial charge in [-0.3, -0.25) is 14.4 Å². The Morgan fingerprint density at radius 2 is 0.909 bits per heavy atom. The van der Waals surface area contributed by atoms with Crippen LogP contribution >= 0.6 is 0 Å². The molecule has 0 aliphatic carbocycles. The quantitative estimate of drug-likeness (QED) is 0.0522. The lowest BCUT2D eigenvalue weighted by Crippen LogP contribution is -2.30. The third-order valence-corrected chi connectivity index (χ3v) is 8.68. The van der Waals surface area contributed by atoms with Crippen LogP contribution in [0.25, 0.3) is 0 Å². The Hall–Kier alpha value is -1.85. The Balaban J connectivity index is 0. The molecular formula is C38H72O6. The molecule has 0 aliphatic rings. The fourth-order valence-electron chi connectivity index (χ4n) is 5.45. The Labute approximate surface area is 271 Å². The van der Waals surface area contributed by atoms with Crippen molar-refractivity contribution < 1.29 is 29.7 Å². The number of carbonyl (C=O) groups is 3. The monoisotopic (exact) mass is 625 g/mol. The zero-order valence-electron chi connectivity index (χ0n) is 29.4. The number of unbranched alkanes of at least 4 members (excludes halogenated alkanes) is 23. The van der Waals surface area contributed by atoms with Gasteiger partial charge in [0.15, 0.2) is 0 Å². The molecular weight excluding hydrogens is 552 g/mol. The standard InChI is InChI=1S/C19H36O4.C19H36O2/c1-3-4-5-6-7-8-9-10-11-12-13-14-15-19(2,18(22)23)16-17(20)21;1-3-4-5-6-7-8-9-10-11-12-13-14-15-16-17-18(2)19(20)21/h3-16H2,1-2H3,(H,20,21)(H,22,23);16-18H,3-15H2,1-2H3,(H,20,21). The molecule has 0 aromatic rings. The molecule has 0 aromatic carbocycles. The van der Waals surface area contributed by atoms with Gasteiger partial charge in [-0.1, -0.05) is 174 Å². The lowest BCUT2D eigenvalue weighted by molar-refractivity contribution is -0.155. The smallest absolute Gasteiger partial charge is 0.310 e. The van der Waals surface area contributed by atoms with E-state index in [4.69, 9.17) is 10.2 Å². The van der Waals surface area contributed by atoms with E-state index in [2.05, 4.69) is 13.8 Å². The second kappa shape index (κ2) is 32.5. The van der Waals surface area contributed by atoms with Gasteiger partial charge in [-0.15, -0.1) is 0 Å². The van der Waals surface area contributed by atoms with Crippen LogP contribution in [-0.2, 0) is 14.4 Å². The van der Waals surface area contributed by atoms with Crippen LogP contribution in [0.4, 0.5) is 0 Å². The van der Waals surface area contributed by atoms with Crippen LogP contribution in [-0.4, -0.2) is 33.2 Å². The lowest BCUT2D eigenvalue weighted by Gasteiger charge is -2.22. The van der Waals surface area contributed by atoms with Crippen molar-refractivity contribution in [3.8, 4) is 0 Å². The van der Waals surface area contributed by atoms with E-state index in [1.165, 1.54) is 135 Å². The first-order chi connectivity index (χ1) is 21.1. The number of carboxylic acid groups (broad SMARTS) is 3. The first-order valence-corrected chi connectivity index (χ1v) is 18.4. The van der Waals surface area contributed by atoms with Crippen molar-refractivity contribution in [2.75, 3.05) is 0 Å². The van der Waals surface area contributed by atoms with Crippen molar-refractivity contribution in [1.82, 2.24) is 0 Å². The fourth-order valence-corrected chi connectivity index (χ4v) is 5.45. The van der Waals surface area contributed by atoms with E-state index >= 15 is 0 Å². The topological polar surface area (TPSA) is 112 Å². The molecule has 0 amide bonds. The second-order valence-electron chi connectivity index (χ2n) is 13.3. The molecule has 0 saturated carbocycles. The zero-order chi connectivity index (χ0) is 33.3. The number of rotatable bonds is 31. The molecule has 2 unspecified atom stereocenters. The first-order valence-electron chi connectivity index (χ1n) is 18.4. The predicted molar refractivity (Wildman–Crippen MR) is 185 cm³/mol. The number of hydrogen-bond acceptors (Lipinski definition) is 3. The highest BCUT2D eigenvalue weighted by Crippen LogP contribution is 2.29. The van der Waals surface area contributed by atoms with E-state index < -0.39 is 23.3 Å². The lowest BCUT2D eigenvalue weighted by atomic mass is 9.81. The number of hydrogen-bond donors (Lipinski definition) is 3. The van der Waals surface area contributed by atoms with Crippen LogP contribution < -0.4 is 0 Å². The zero-order valence-corrected chi connectivity index (χ0v) is 29.4. The van der Waals surface area contributed by atoms with Crippen molar-refractivity contribution >= 4 is 17.9 Å². The number of carboxylic acids is 3. The van der Waals surface area contributed by atoms with Gasteiger partial charge in [-0.05, 0) is 33.1 Å². The van der Waals surface area contributed by atoms with Gasteiger partial charge in [0.25, 0.3) is 0 Å². The molecule has 0 aromatic heterocycles. The largest absolute Gasteiger partial charge is 0.481 e. The van der Waals surface area contributed by atoms with Gasteiger partial charge >= 0.3 is 17.9 Å². The van der Waals surface area contributed by atoms with E-state index in [1.807, 2.05) is 6.08 Å². The molecule has 260 valence electrons. The highest BCUT2D eigenvalue weighted by atomic mass is 16.4. The maximum Gasteiger partial charge on any atom is 0.310 e. The summed E-state index contributed by atoms with van der Waals surface area (Å²) >= 11 is 0. The van der Waals surface area contributed by atoms with Crippen LogP contribution in [0.5, 0.6) is 0 Å². The molecule has 0 heterocycles. The number of aliphatic carboxylic acids is 3. The Morgan fingerprint density at radius 3 is 1.23 bits per heavy atom. The van der Waals surface area contributed by atoms with Crippen molar-refractivity contribution in [1.29, 1.82) is 0 Å². The van der Waals surface area contributed by atoms with Gasteiger partial charge in [0.2, 0.25) is 0 Å². The molecule has 6 heteroatoms. The molecule has 0 spiro atoms. The van der Waals surface area contributed by atoms with Crippen molar-refractivity contribution in [3.05, 3.63) is 12.2 Å². The van der Waals surface area contributed by atoms with Crippen LogP contribution in [0, 0.1) is 11.3 Å². The van der Waals surface area contributed by atoms with Crippen LogP contribution in [0.1, 0.15) is 201 Å². The first kappa shape index (κ1) is 44.3. The summed E-state index contributed by atoms with van der Waals surface area (Å²) in [6, 6.07) is 0. The second-order valence-corrected chi connectivity index (χ2v) is 13.3. The maximum absolute atomic E-state index is 11.2. The molecule has 0 saturated heterocycles. The highest BCUT2D eigenvalue weighted by molar-refractivity contribution is 5.81. The van der Waals surface area contributed by atoms with Crippen LogP contribution in [0.3, 0.4) is 0 Å². The van der Waals surface area contributed by atoms with Gasteiger partial charge < -0.3 is 15.3 Å². The predicted octanol–water partition coefficient (Wildman–Crippen LogP) is 12.0.